The Bertz CT molecular complexity index is 1550. The molecule has 3 N–H and O–H groups in total. The molecule has 0 bridgehead atoms. The van der Waals surface area contributed by atoms with Gasteiger partial charge in [-0.2, -0.15) is 5.26 Å². The zero-order chi connectivity index (χ0) is 28.1. The van der Waals surface area contributed by atoms with Crippen LogP contribution in [0.25, 0.3) is 0 Å². The number of hydrogen-bond donors (Lipinski definition) is 2. The number of nitrogens with one attached hydrogen (secondary N) is 1. The molecule has 0 aromatic heterocycles. The lowest BCUT2D eigenvalue weighted by molar-refractivity contribution is -0.139. The summed E-state index contributed by atoms with van der Waals surface area (Å²) in [6.07, 6.45) is 0. The first kappa shape index (κ1) is 26.7. The van der Waals surface area contributed by atoms with Crippen molar-refractivity contribution < 1.29 is 23.9 Å². The van der Waals surface area contributed by atoms with E-state index in [1.54, 1.807) is 54.6 Å². The molecule has 0 radical (unpaired) electrons. The lowest BCUT2D eigenvalue weighted by Gasteiger charge is -2.36. The van der Waals surface area contributed by atoms with Gasteiger partial charge in [-0.1, -0.05) is 48.5 Å². The molecule has 0 saturated heterocycles. The Balaban J connectivity index is 1.90. The van der Waals surface area contributed by atoms with E-state index in [2.05, 4.69) is 11.4 Å². The smallest absolute Gasteiger partial charge is 0.355 e. The first-order valence-electron chi connectivity index (χ1n) is 11.9. The number of nitriles is 1. The Kier molecular flexibility index (Phi) is 7.77. The van der Waals surface area contributed by atoms with Crippen LogP contribution in [0.15, 0.2) is 102 Å². The molecule has 39 heavy (non-hydrogen) atoms. The maximum atomic E-state index is 13.2. The highest BCUT2D eigenvalue weighted by atomic mass is 16.5. The number of allylic oxidation sites excluding steroid dienone is 1. The number of nitrogens with two attached hydrogens (primary N) is 1. The Morgan fingerprint density at radius 2 is 1.62 bits per heavy atom. The number of ether oxygens (including phenoxy) is 2. The van der Waals surface area contributed by atoms with Crippen LogP contribution in [0.3, 0.4) is 0 Å². The minimum atomic E-state index is -0.984. The number of rotatable bonds is 6. The number of nitrogens with zero attached hydrogens (tertiary/aromatic N) is 2. The van der Waals surface area contributed by atoms with Crippen molar-refractivity contribution in [3.05, 3.63) is 118 Å². The van der Waals surface area contributed by atoms with E-state index in [0.29, 0.717) is 11.3 Å². The van der Waals surface area contributed by atoms with Gasteiger partial charge in [0.25, 0.3) is 5.91 Å². The van der Waals surface area contributed by atoms with Gasteiger partial charge in [0, 0.05) is 16.9 Å². The van der Waals surface area contributed by atoms with E-state index in [9.17, 15) is 19.6 Å². The van der Waals surface area contributed by atoms with E-state index in [1.165, 1.54) is 25.2 Å². The van der Waals surface area contributed by atoms with Gasteiger partial charge < -0.3 is 20.5 Å². The number of anilines is 2. The Morgan fingerprint density at radius 3 is 2.26 bits per heavy atom. The highest BCUT2D eigenvalue weighted by Gasteiger charge is 2.43. The zero-order valence-electron chi connectivity index (χ0n) is 21.6. The van der Waals surface area contributed by atoms with E-state index in [0.717, 1.165) is 5.56 Å². The summed E-state index contributed by atoms with van der Waals surface area (Å²) >= 11 is 0. The topological polar surface area (TPSA) is 135 Å². The number of carbonyl (C=O) groups is 3. The maximum Gasteiger partial charge on any atom is 0.355 e. The van der Waals surface area contributed by atoms with Gasteiger partial charge in [0.05, 0.1) is 37.4 Å². The summed E-state index contributed by atoms with van der Waals surface area (Å²) < 4.78 is 10.1. The Labute approximate surface area is 225 Å². The molecule has 1 atom stereocenters. The number of aryl methyl sites for hydroxylation is 1. The quantitative estimate of drug-likeness (QED) is 0.461. The lowest BCUT2D eigenvalue weighted by atomic mass is 9.81. The predicted octanol–water partition coefficient (Wildman–Crippen LogP) is 4.15. The molecule has 196 valence electrons. The van der Waals surface area contributed by atoms with Crippen LogP contribution in [0.5, 0.6) is 0 Å². The Hall–Kier alpha value is -5.36. The molecular formula is C30H26N4O5. The van der Waals surface area contributed by atoms with Gasteiger partial charge in [-0.3, -0.25) is 9.69 Å². The first-order chi connectivity index (χ1) is 18.8. The highest BCUT2D eigenvalue weighted by molar-refractivity contribution is 6.08. The molecule has 0 fully saturated rings. The van der Waals surface area contributed by atoms with Gasteiger partial charge in [0.1, 0.15) is 11.5 Å². The van der Waals surface area contributed by atoms with Crippen LogP contribution in [0, 0.1) is 18.3 Å². The molecule has 0 saturated carbocycles. The fourth-order valence-electron chi connectivity index (χ4n) is 4.49. The van der Waals surface area contributed by atoms with E-state index < -0.39 is 23.8 Å². The standard InChI is InChI=1S/C30H26N4O5/c1-18-9-7-13-21(15-18)33-28(35)20-12-8-14-22(16-20)34-26(30(37)39-3)25(29(36)38-2)24(23(17-31)27(34)32)19-10-5-4-6-11-19/h4-16,24H,32H2,1-3H3,(H,33,35). The number of methoxy groups -OCH3 is 2. The average Bonchev–Trinajstić information content (AvgIpc) is 2.96. The monoisotopic (exact) mass is 522 g/mol. The molecule has 0 aliphatic carbocycles. The fraction of sp³-hybridized carbons (Fsp3) is 0.133. The number of esters is 2. The van der Waals surface area contributed by atoms with Gasteiger partial charge in [0.2, 0.25) is 0 Å². The van der Waals surface area contributed by atoms with Crippen molar-refractivity contribution in [1.82, 2.24) is 0 Å². The minimum absolute atomic E-state index is 0.0314. The molecule has 1 unspecified atom stereocenters. The van der Waals surface area contributed by atoms with Gasteiger partial charge in [-0.15, -0.1) is 0 Å². The summed E-state index contributed by atoms with van der Waals surface area (Å²) in [4.78, 5) is 40.7. The van der Waals surface area contributed by atoms with Gasteiger partial charge in [-0.25, -0.2) is 9.59 Å². The summed E-state index contributed by atoms with van der Waals surface area (Å²) in [5.41, 5.74) is 8.92. The van der Waals surface area contributed by atoms with Crippen molar-refractivity contribution in [2.24, 2.45) is 5.73 Å². The molecule has 1 aliphatic rings. The van der Waals surface area contributed by atoms with Crippen LogP contribution < -0.4 is 16.0 Å². The molecule has 1 heterocycles. The number of benzene rings is 3. The fourth-order valence-corrected chi connectivity index (χ4v) is 4.49. The summed E-state index contributed by atoms with van der Waals surface area (Å²) in [6, 6.07) is 24.5. The third-order valence-corrected chi connectivity index (χ3v) is 6.25. The largest absolute Gasteiger partial charge is 0.466 e. The molecule has 4 rings (SSSR count). The van der Waals surface area contributed by atoms with Gasteiger partial charge in [0.15, 0.2) is 0 Å². The molecule has 1 aliphatic heterocycles. The van der Waals surface area contributed by atoms with Crippen molar-refractivity contribution in [2.45, 2.75) is 12.8 Å². The first-order valence-corrected chi connectivity index (χ1v) is 11.9. The van der Waals surface area contributed by atoms with Crippen LogP contribution in [-0.4, -0.2) is 32.1 Å². The van der Waals surface area contributed by atoms with Gasteiger partial charge >= 0.3 is 11.9 Å². The predicted molar refractivity (Wildman–Crippen MR) is 145 cm³/mol. The summed E-state index contributed by atoms with van der Waals surface area (Å²) in [7, 11) is 2.35. The third kappa shape index (κ3) is 5.22. The van der Waals surface area contributed by atoms with E-state index in [-0.39, 0.29) is 33.9 Å². The lowest BCUT2D eigenvalue weighted by Crippen LogP contribution is -2.40. The molecular weight excluding hydrogens is 496 g/mol. The highest BCUT2D eigenvalue weighted by Crippen LogP contribution is 2.43. The summed E-state index contributed by atoms with van der Waals surface area (Å²) in [5, 5.41) is 13.0. The number of amides is 1. The Morgan fingerprint density at radius 1 is 0.923 bits per heavy atom. The van der Waals surface area contributed by atoms with Crippen molar-refractivity contribution in [3.63, 3.8) is 0 Å². The van der Waals surface area contributed by atoms with Crippen molar-refractivity contribution >= 4 is 29.2 Å². The van der Waals surface area contributed by atoms with Crippen LogP contribution in [0.1, 0.15) is 27.4 Å². The van der Waals surface area contributed by atoms with Crippen LogP contribution in [0.4, 0.5) is 11.4 Å². The van der Waals surface area contributed by atoms with Crippen LogP contribution >= 0.6 is 0 Å². The number of hydrogen-bond acceptors (Lipinski definition) is 8. The SMILES string of the molecule is COC(=O)C1=C(C(=O)OC)N(c2cccc(C(=O)Nc3cccc(C)c3)c2)C(N)=C(C#N)C1c1ccccc1. The second-order valence-corrected chi connectivity index (χ2v) is 8.71. The molecule has 3 aromatic rings. The van der Waals surface area contributed by atoms with Crippen molar-refractivity contribution in [2.75, 3.05) is 24.4 Å². The molecule has 3 aromatic carbocycles. The van der Waals surface area contributed by atoms with Crippen LogP contribution in [-0.2, 0) is 19.1 Å². The molecule has 9 nitrogen and oxygen atoms in total. The number of carbonyl (C=O) groups excluding carboxylic acids is 3. The molecule has 0 spiro atoms. The maximum absolute atomic E-state index is 13.2. The normalized spacial score (nSPS) is 14.9. The summed E-state index contributed by atoms with van der Waals surface area (Å²) in [5.74, 6) is -3.17. The van der Waals surface area contributed by atoms with E-state index >= 15 is 0 Å². The third-order valence-electron chi connectivity index (χ3n) is 6.25. The zero-order valence-corrected chi connectivity index (χ0v) is 21.6. The van der Waals surface area contributed by atoms with Crippen molar-refractivity contribution in [3.8, 4) is 6.07 Å². The second-order valence-electron chi connectivity index (χ2n) is 8.71. The summed E-state index contributed by atoms with van der Waals surface area (Å²) in [6.45, 7) is 1.91. The second kappa shape index (κ2) is 11.4. The van der Waals surface area contributed by atoms with Crippen molar-refractivity contribution in [1.29, 1.82) is 5.26 Å². The molecule has 1 amide bonds. The van der Waals surface area contributed by atoms with E-state index in [1.807, 2.05) is 25.1 Å². The minimum Gasteiger partial charge on any atom is -0.466 e. The van der Waals surface area contributed by atoms with Crippen LogP contribution in [0.2, 0.25) is 0 Å². The average molecular weight is 523 g/mol. The molecule has 9 heteroatoms. The van der Waals surface area contributed by atoms with Gasteiger partial charge in [-0.05, 0) is 48.4 Å². The van der Waals surface area contributed by atoms with E-state index in [4.69, 9.17) is 15.2 Å².